The Balaban J connectivity index is 2.24. The minimum Gasteiger partial charge on any atom is -0.370 e. The molecule has 108 valence electrons. The molecule has 3 heteroatoms. The monoisotopic (exact) mass is 271 g/mol. The van der Waals surface area contributed by atoms with Crippen molar-refractivity contribution in [1.82, 2.24) is 5.32 Å². The predicted octanol–water partition coefficient (Wildman–Crippen LogP) is 3.29. The summed E-state index contributed by atoms with van der Waals surface area (Å²) in [6, 6.07) is 8.63. The molecule has 0 aromatic heterocycles. The number of hydrogen-bond donors (Lipinski definition) is 1. The van der Waals surface area contributed by atoms with Crippen LogP contribution in [0.1, 0.15) is 44.2 Å². The lowest BCUT2D eigenvalue weighted by atomic mass is 9.82. The minimum absolute atomic E-state index is 0.441. The summed E-state index contributed by atoms with van der Waals surface area (Å²) in [6.45, 7) is 7.53. The van der Waals surface area contributed by atoms with Crippen LogP contribution in [-0.4, -0.2) is 20.1 Å². The van der Waals surface area contributed by atoms with E-state index in [0.717, 1.165) is 30.9 Å². The molecule has 0 unspecified atom stereocenters. The first kappa shape index (κ1) is 14.9. The summed E-state index contributed by atoms with van der Waals surface area (Å²) in [5.41, 5.74) is 3.53. The Morgan fingerprint density at radius 1 is 1.35 bits per heavy atom. The summed E-state index contributed by atoms with van der Waals surface area (Å²) in [5, 5.41) is 12.6. The molecule has 1 aromatic carbocycles. The lowest BCUT2D eigenvalue weighted by Crippen LogP contribution is -2.26. The molecule has 0 amide bonds. The predicted molar refractivity (Wildman–Crippen MR) is 83.8 cm³/mol. The molecule has 0 bridgehead atoms. The van der Waals surface area contributed by atoms with Gasteiger partial charge in [-0.15, -0.1) is 0 Å². The summed E-state index contributed by atoms with van der Waals surface area (Å²) in [4.78, 5) is 2.40. The van der Waals surface area contributed by atoms with Gasteiger partial charge in [-0.2, -0.15) is 5.26 Å². The average molecular weight is 271 g/mol. The Kier molecular flexibility index (Phi) is 4.67. The molecule has 3 nitrogen and oxygen atoms in total. The van der Waals surface area contributed by atoms with E-state index in [1.165, 1.54) is 24.8 Å². The van der Waals surface area contributed by atoms with Gasteiger partial charge in [0.05, 0.1) is 11.3 Å². The van der Waals surface area contributed by atoms with E-state index in [4.69, 9.17) is 0 Å². The van der Waals surface area contributed by atoms with Crippen molar-refractivity contribution in [2.45, 2.75) is 39.7 Å². The number of nitriles is 1. The molecule has 20 heavy (non-hydrogen) atoms. The smallest absolute Gasteiger partial charge is 0.101 e. The van der Waals surface area contributed by atoms with Crippen LogP contribution in [0.5, 0.6) is 0 Å². The van der Waals surface area contributed by atoms with Crippen molar-refractivity contribution in [3.05, 3.63) is 29.3 Å². The lowest BCUT2D eigenvalue weighted by Gasteiger charge is -2.27. The maximum Gasteiger partial charge on any atom is 0.101 e. The molecule has 1 heterocycles. The van der Waals surface area contributed by atoms with Crippen molar-refractivity contribution in [3.8, 4) is 6.07 Å². The molecule has 0 saturated carbocycles. The quantitative estimate of drug-likeness (QED) is 0.893. The number of nitrogens with zero attached hydrogens (tertiary/aromatic N) is 2. The summed E-state index contributed by atoms with van der Waals surface area (Å²) in [6.07, 6.45) is 3.68. The SMILES string of the molecule is CCC1(CC)CCN(c2ccc(CNC)cc2C#N)C1. The highest BCUT2D eigenvalue weighted by molar-refractivity contribution is 5.61. The maximum atomic E-state index is 9.42. The maximum absolute atomic E-state index is 9.42. The van der Waals surface area contributed by atoms with E-state index < -0.39 is 0 Å². The number of rotatable bonds is 5. The summed E-state index contributed by atoms with van der Waals surface area (Å²) in [5.74, 6) is 0. The van der Waals surface area contributed by atoms with E-state index in [9.17, 15) is 5.26 Å². The Hall–Kier alpha value is -1.53. The molecule has 1 saturated heterocycles. The van der Waals surface area contributed by atoms with Gasteiger partial charge in [-0.3, -0.25) is 0 Å². The van der Waals surface area contributed by atoms with Crippen LogP contribution in [0.15, 0.2) is 18.2 Å². The number of nitrogens with one attached hydrogen (secondary N) is 1. The second kappa shape index (κ2) is 6.28. The van der Waals surface area contributed by atoms with Crippen LogP contribution < -0.4 is 10.2 Å². The fourth-order valence-electron chi connectivity index (χ4n) is 3.23. The van der Waals surface area contributed by atoms with E-state index in [0.29, 0.717) is 5.41 Å². The van der Waals surface area contributed by atoms with Crippen LogP contribution in [0.3, 0.4) is 0 Å². The Morgan fingerprint density at radius 3 is 2.65 bits per heavy atom. The van der Waals surface area contributed by atoms with E-state index in [2.05, 4.69) is 42.3 Å². The zero-order valence-corrected chi connectivity index (χ0v) is 12.9. The molecule has 1 aliphatic heterocycles. The van der Waals surface area contributed by atoms with Crippen molar-refractivity contribution >= 4 is 5.69 Å². The van der Waals surface area contributed by atoms with Gasteiger partial charge in [-0.05, 0) is 49.4 Å². The zero-order chi connectivity index (χ0) is 14.6. The van der Waals surface area contributed by atoms with Crippen LogP contribution in [-0.2, 0) is 6.54 Å². The van der Waals surface area contributed by atoms with Gasteiger partial charge in [0, 0.05) is 19.6 Å². The van der Waals surface area contributed by atoms with Gasteiger partial charge in [0.15, 0.2) is 0 Å². The van der Waals surface area contributed by atoms with Crippen molar-refractivity contribution < 1.29 is 0 Å². The van der Waals surface area contributed by atoms with Crippen LogP contribution in [0, 0.1) is 16.7 Å². The fourth-order valence-corrected chi connectivity index (χ4v) is 3.23. The first-order valence-corrected chi connectivity index (χ1v) is 7.60. The van der Waals surface area contributed by atoms with E-state index >= 15 is 0 Å². The molecular formula is C17H25N3. The molecule has 1 aliphatic rings. The average Bonchev–Trinajstić information content (AvgIpc) is 2.92. The molecule has 0 atom stereocenters. The highest BCUT2D eigenvalue weighted by Crippen LogP contribution is 2.39. The van der Waals surface area contributed by atoms with E-state index in [1.54, 1.807) is 0 Å². The van der Waals surface area contributed by atoms with Gasteiger partial charge in [-0.1, -0.05) is 19.9 Å². The first-order valence-electron chi connectivity index (χ1n) is 7.60. The standard InChI is InChI=1S/C17H25N3/c1-4-17(5-2)8-9-20(13-17)16-7-6-14(12-19-3)10-15(16)11-18/h6-7,10,19H,4-5,8-9,12-13H2,1-3H3. The fraction of sp³-hybridized carbons (Fsp3) is 0.588. The van der Waals surface area contributed by atoms with Gasteiger partial charge in [0.1, 0.15) is 6.07 Å². The summed E-state index contributed by atoms with van der Waals surface area (Å²) in [7, 11) is 1.93. The summed E-state index contributed by atoms with van der Waals surface area (Å²) < 4.78 is 0. The third-order valence-electron chi connectivity index (χ3n) is 4.84. The van der Waals surface area contributed by atoms with E-state index in [-0.39, 0.29) is 0 Å². The molecule has 0 aliphatic carbocycles. The van der Waals surface area contributed by atoms with Gasteiger partial charge in [0.25, 0.3) is 0 Å². The van der Waals surface area contributed by atoms with Crippen LogP contribution in [0.4, 0.5) is 5.69 Å². The number of anilines is 1. The normalized spacial score (nSPS) is 17.2. The van der Waals surface area contributed by atoms with Gasteiger partial charge >= 0.3 is 0 Å². The third-order valence-corrected chi connectivity index (χ3v) is 4.84. The highest BCUT2D eigenvalue weighted by Gasteiger charge is 2.35. The lowest BCUT2D eigenvalue weighted by molar-refractivity contribution is 0.301. The minimum atomic E-state index is 0.441. The van der Waals surface area contributed by atoms with Gasteiger partial charge in [0.2, 0.25) is 0 Å². The van der Waals surface area contributed by atoms with Crippen molar-refractivity contribution in [1.29, 1.82) is 5.26 Å². The zero-order valence-electron chi connectivity index (χ0n) is 12.9. The van der Waals surface area contributed by atoms with Gasteiger partial charge < -0.3 is 10.2 Å². The molecule has 1 aromatic rings. The molecule has 0 radical (unpaired) electrons. The van der Waals surface area contributed by atoms with Crippen LogP contribution >= 0.6 is 0 Å². The molecular weight excluding hydrogens is 246 g/mol. The van der Waals surface area contributed by atoms with Crippen molar-refractivity contribution in [3.63, 3.8) is 0 Å². The summed E-state index contributed by atoms with van der Waals surface area (Å²) >= 11 is 0. The van der Waals surface area contributed by atoms with Crippen molar-refractivity contribution in [2.75, 3.05) is 25.0 Å². The highest BCUT2D eigenvalue weighted by atomic mass is 15.2. The number of hydrogen-bond acceptors (Lipinski definition) is 3. The Bertz CT molecular complexity index is 497. The molecule has 1 N–H and O–H groups in total. The molecule has 2 rings (SSSR count). The number of benzene rings is 1. The largest absolute Gasteiger partial charge is 0.370 e. The topological polar surface area (TPSA) is 39.1 Å². The van der Waals surface area contributed by atoms with Crippen molar-refractivity contribution in [2.24, 2.45) is 5.41 Å². The Morgan fingerprint density at radius 2 is 2.10 bits per heavy atom. The van der Waals surface area contributed by atoms with Gasteiger partial charge in [-0.25, -0.2) is 0 Å². The second-order valence-corrected chi connectivity index (χ2v) is 5.87. The molecule has 0 spiro atoms. The third kappa shape index (κ3) is 2.81. The first-order chi connectivity index (χ1) is 9.68. The van der Waals surface area contributed by atoms with Crippen LogP contribution in [0.2, 0.25) is 0 Å². The van der Waals surface area contributed by atoms with E-state index in [1.807, 2.05) is 13.1 Å². The second-order valence-electron chi connectivity index (χ2n) is 5.87. The van der Waals surface area contributed by atoms with Crippen LogP contribution in [0.25, 0.3) is 0 Å². The molecule has 1 fully saturated rings. The Labute approximate surface area is 122 Å².